The molecule has 0 bridgehead atoms. The average Bonchev–Trinajstić information content (AvgIpc) is 3.35. The van der Waals surface area contributed by atoms with Gasteiger partial charge >= 0.3 is 0 Å². The van der Waals surface area contributed by atoms with E-state index >= 15 is 0 Å². The van der Waals surface area contributed by atoms with Crippen LogP contribution >= 0.6 is 0 Å². The normalized spacial score (nSPS) is 22.5. The van der Waals surface area contributed by atoms with Crippen LogP contribution < -0.4 is 5.56 Å². The largest absolute Gasteiger partial charge is 0.293 e. The van der Waals surface area contributed by atoms with Gasteiger partial charge in [0, 0.05) is 24.3 Å². The van der Waals surface area contributed by atoms with Crippen LogP contribution in [0.25, 0.3) is 0 Å². The van der Waals surface area contributed by atoms with Crippen LogP contribution in [0.4, 0.5) is 0 Å². The molecule has 1 saturated heterocycles. The predicted octanol–water partition coefficient (Wildman–Crippen LogP) is 2.00. The van der Waals surface area contributed by atoms with Crippen LogP contribution in [0.15, 0.2) is 10.9 Å². The van der Waals surface area contributed by atoms with Gasteiger partial charge in [-0.15, -0.1) is 0 Å². The van der Waals surface area contributed by atoms with E-state index in [4.69, 9.17) is 5.10 Å². The standard InChI is InChI=1S/C20H27N5O/c26-20-11-14-5-1-2-8-17(14)23-25(20)12-15-6-4-10-24(15)13-19-16-7-3-9-18(16)21-22-19/h11,15H,1-10,12-13H2,(H,21,22). The Labute approximate surface area is 153 Å². The maximum Gasteiger partial charge on any atom is 0.267 e. The molecule has 6 nitrogen and oxygen atoms in total. The number of nitrogens with zero attached hydrogens (tertiary/aromatic N) is 4. The van der Waals surface area contributed by atoms with E-state index < -0.39 is 0 Å². The van der Waals surface area contributed by atoms with Gasteiger partial charge in [0.2, 0.25) is 0 Å². The van der Waals surface area contributed by atoms with Crippen molar-refractivity contribution >= 4 is 0 Å². The maximum atomic E-state index is 12.5. The molecule has 2 aliphatic carbocycles. The summed E-state index contributed by atoms with van der Waals surface area (Å²) < 4.78 is 1.72. The van der Waals surface area contributed by atoms with Crippen LogP contribution in [0, 0.1) is 0 Å². The van der Waals surface area contributed by atoms with Gasteiger partial charge in [-0.1, -0.05) is 0 Å². The summed E-state index contributed by atoms with van der Waals surface area (Å²) in [5.74, 6) is 0. The quantitative estimate of drug-likeness (QED) is 0.913. The number of hydrogen-bond donors (Lipinski definition) is 1. The summed E-state index contributed by atoms with van der Waals surface area (Å²) in [6.07, 6.45) is 10.3. The maximum absolute atomic E-state index is 12.5. The molecule has 0 aromatic carbocycles. The Morgan fingerprint density at radius 3 is 3.00 bits per heavy atom. The number of fused-ring (bicyclic) bond motifs is 2. The molecule has 3 aliphatic rings. The van der Waals surface area contributed by atoms with Crippen molar-refractivity contribution in [3.63, 3.8) is 0 Å². The molecule has 1 aliphatic heterocycles. The summed E-state index contributed by atoms with van der Waals surface area (Å²) in [5.41, 5.74) is 6.38. The summed E-state index contributed by atoms with van der Waals surface area (Å²) >= 11 is 0. The van der Waals surface area contributed by atoms with Crippen molar-refractivity contribution in [2.45, 2.75) is 76.9 Å². The molecule has 5 rings (SSSR count). The van der Waals surface area contributed by atoms with E-state index in [1.165, 1.54) is 48.2 Å². The lowest BCUT2D eigenvalue weighted by atomic mass is 9.97. The first kappa shape index (κ1) is 16.2. The summed E-state index contributed by atoms with van der Waals surface area (Å²) in [7, 11) is 0. The first-order chi connectivity index (χ1) is 12.8. The molecular weight excluding hydrogens is 326 g/mol. The third-order valence-corrected chi connectivity index (χ3v) is 6.40. The minimum absolute atomic E-state index is 0.0677. The molecule has 0 amide bonds. The molecule has 3 heterocycles. The van der Waals surface area contributed by atoms with Gasteiger partial charge in [-0.05, 0) is 75.5 Å². The van der Waals surface area contributed by atoms with Crippen molar-refractivity contribution in [3.8, 4) is 0 Å². The minimum Gasteiger partial charge on any atom is -0.293 e. The fourth-order valence-electron chi connectivity index (χ4n) is 4.95. The van der Waals surface area contributed by atoms with Crippen molar-refractivity contribution in [1.29, 1.82) is 0 Å². The highest BCUT2D eigenvalue weighted by atomic mass is 16.1. The van der Waals surface area contributed by atoms with Crippen LogP contribution in [0.3, 0.4) is 0 Å². The molecular formula is C20H27N5O. The van der Waals surface area contributed by atoms with Gasteiger partial charge in [0.15, 0.2) is 0 Å². The second kappa shape index (κ2) is 6.65. The lowest BCUT2D eigenvalue weighted by Crippen LogP contribution is -2.37. The first-order valence-electron chi connectivity index (χ1n) is 10.2. The van der Waals surface area contributed by atoms with Gasteiger partial charge in [0.1, 0.15) is 0 Å². The predicted molar refractivity (Wildman–Crippen MR) is 99.2 cm³/mol. The number of rotatable bonds is 4. The highest BCUT2D eigenvalue weighted by molar-refractivity contribution is 5.29. The van der Waals surface area contributed by atoms with Crippen molar-refractivity contribution in [3.05, 3.63) is 44.6 Å². The molecule has 2 aromatic heterocycles. The monoisotopic (exact) mass is 353 g/mol. The molecule has 138 valence electrons. The Bertz CT molecular complexity index is 868. The van der Waals surface area contributed by atoms with Crippen molar-refractivity contribution in [2.24, 2.45) is 0 Å². The lowest BCUT2D eigenvalue weighted by molar-refractivity contribution is 0.213. The van der Waals surface area contributed by atoms with Gasteiger partial charge in [0.05, 0.1) is 17.9 Å². The van der Waals surface area contributed by atoms with E-state index in [-0.39, 0.29) is 5.56 Å². The van der Waals surface area contributed by atoms with Crippen LogP contribution in [0.1, 0.15) is 60.3 Å². The second-order valence-electron chi connectivity index (χ2n) is 8.09. The molecule has 1 atom stereocenters. The SMILES string of the molecule is O=c1cc2c(nn1CC1CCCN1Cc1n[nH]c3c1CCC3)CCCC2. The Morgan fingerprint density at radius 1 is 1.12 bits per heavy atom. The number of H-pyrrole nitrogens is 1. The van der Waals surface area contributed by atoms with E-state index in [0.717, 1.165) is 50.9 Å². The molecule has 2 aromatic rings. The average molecular weight is 353 g/mol. The second-order valence-corrected chi connectivity index (χ2v) is 8.09. The third kappa shape index (κ3) is 2.90. The summed E-state index contributed by atoms with van der Waals surface area (Å²) in [5, 5.41) is 12.5. The number of aromatic nitrogens is 4. The van der Waals surface area contributed by atoms with Crippen molar-refractivity contribution in [2.75, 3.05) is 6.54 Å². The summed E-state index contributed by atoms with van der Waals surface area (Å²) in [6.45, 7) is 2.70. The zero-order valence-electron chi connectivity index (χ0n) is 15.3. The molecule has 0 spiro atoms. The number of aromatic amines is 1. The lowest BCUT2D eigenvalue weighted by Gasteiger charge is -2.25. The molecule has 0 saturated carbocycles. The van der Waals surface area contributed by atoms with Crippen LogP contribution in [-0.2, 0) is 38.8 Å². The van der Waals surface area contributed by atoms with Crippen LogP contribution in [0.5, 0.6) is 0 Å². The summed E-state index contributed by atoms with van der Waals surface area (Å²) in [6, 6.07) is 2.22. The molecule has 26 heavy (non-hydrogen) atoms. The smallest absolute Gasteiger partial charge is 0.267 e. The number of likely N-dealkylation sites (tertiary alicyclic amines) is 1. The Morgan fingerprint density at radius 2 is 2.04 bits per heavy atom. The number of hydrogen-bond acceptors (Lipinski definition) is 4. The van der Waals surface area contributed by atoms with E-state index in [0.29, 0.717) is 12.6 Å². The minimum atomic E-state index is 0.0677. The first-order valence-corrected chi connectivity index (χ1v) is 10.2. The Hall–Kier alpha value is -1.95. The molecule has 6 heteroatoms. The van der Waals surface area contributed by atoms with E-state index in [2.05, 4.69) is 15.1 Å². The van der Waals surface area contributed by atoms with E-state index in [1.807, 2.05) is 6.07 Å². The van der Waals surface area contributed by atoms with Gasteiger partial charge in [-0.3, -0.25) is 14.8 Å². The van der Waals surface area contributed by atoms with Gasteiger partial charge in [-0.2, -0.15) is 10.2 Å². The van der Waals surface area contributed by atoms with E-state index in [1.54, 1.807) is 4.68 Å². The van der Waals surface area contributed by atoms with Crippen LogP contribution in [-0.4, -0.2) is 37.5 Å². The van der Waals surface area contributed by atoms with Crippen LogP contribution in [0.2, 0.25) is 0 Å². The fourth-order valence-corrected chi connectivity index (χ4v) is 4.95. The molecule has 0 radical (unpaired) electrons. The van der Waals surface area contributed by atoms with Gasteiger partial charge < -0.3 is 0 Å². The van der Waals surface area contributed by atoms with Crippen molar-refractivity contribution in [1.82, 2.24) is 24.9 Å². The third-order valence-electron chi connectivity index (χ3n) is 6.40. The fraction of sp³-hybridized carbons (Fsp3) is 0.650. The Kier molecular flexibility index (Phi) is 4.15. The zero-order valence-corrected chi connectivity index (χ0v) is 15.3. The number of nitrogens with one attached hydrogen (secondary N) is 1. The van der Waals surface area contributed by atoms with Gasteiger partial charge in [-0.25, -0.2) is 4.68 Å². The molecule has 1 fully saturated rings. The Balaban J connectivity index is 1.34. The molecule has 1 unspecified atom stereocenters. The van der Waals surface area contributed by atoms with Gasteiger partial charge in [0.25, 0.3) is 5.56 Å². The highest BCUT2D eigenvalue weighted by Gasteiger charge is 2.28. The number of aryl methyl sites for hydroxylation is 3. The topological polar surface area (TPSA) is 66.8 Å². The molecule has 1 N–H and O–H groups in total. The summed E-state index contributed by atoms with van der Waals surface area (Å²) in [4.78, 5) is 15.0. The highest BCUT2D eigenvalue weighted by Crippen LogP contribution is 2.27. The van der Waals surface area contributed by atoms with Crippen molar-refractivity contribution < 1.29 is 0 Å². The van der Waals surface area contributed by atoms with E-state index in [9.17, 15) is 4.79 Å². The zero-order chi connectivity index (χ0) is 17.5.